The highest BCUT2D eigenvalue weighted by atomic mass is 16.2. The van der Waals surface area contributed by atoms with Gasteiger partial charge >= 0.3 is 0 Å². The zero-order chi connectivity index (χ0) is 15.8. The summed E-state index contributed by atoms with van der Waals surface area (Å²) in [5, 5.41) is 8.80. The van der Waals surface area contributed by atoms with E-state index in [2.05, 4.69) is 20.8 Å². The van der Waals surface area contributed by atoms with E-state index in [1.54, 1.807) is 0 Å². The molecule has 0 aliphatic carbocycles. The highest BCUT2D eigenvalue weighted by molar-refractivity contribution is 4.67. The van der Waals surface area contributed by atoms with Crippen LogP contribution in [0.15, 0.2) is 0 Å². The molecule has 0 aliphatic rings. The molecule has 0 heterocycles. The summed E-state index contributed by atoms with van der Waals surface area (Å²) in [5.41, 5.74) is 0. The molecule has 2 atom stereocenters. The van der Waals surface area contributed by atoms with Gasteiger partial charge in [0.05, 0.1) is 0 Å². The largest absolute Gasteiger partial charge is 0.396 e. The van der Waals surface area contributed by atoms with Crippen LogP contribution < -0.4 is 0 Å². The van der Waals surface area contributed by atoms with Crippen molar-refractivity contribution in [3.63, 3.8) is 0 Å². The van der Waals surface area contributed by atoms with Gasteiger partial charge in [-0.2, -0.15) is 0 Å². The Morgan fingerprint density at radius 3 is 1.81 bits per heavy atom. The van der Waals surface area contributed by atoms with Gasteiger partial charge in [-0.3, -0.25) is 0 Å². The van der Waals surface area contributed by atoms with Crippen molar-refractivity contribution in [2.75, 3.05) is 6.61 Å². The summed E-state index contributed by atoms with van der Waals surface area (Å²) in [6.45, 7) is 7.48. The molecular formula is C20H42O. The molecule has 21 heavy (non-hydrogen) atoms. The molecule has 0 spiro atoms. The molecule has 2 unspecified atom stereocenters. The summed E-state index contributed by atoms with van der Waals surface area (Å²) in [6.07, 6.45) is 19.0. The third kappa shape index (κ3) is 13.4. The molecular weight excluding hydrogens is 256 g/mol. The Labute approximate surface area is 134 Å². The zero-order valence-electron chi connectivity index (χ0n) is 15.2. The molecule has 0 saturated heterocycles. The second-order valence-electron chi connectivity index (χ2n) is 7.01. The van der Waals surface area contributed by atoms with E-state index in [0.29, 0.717) is 6.61 Å². The SMILES string of the molecule is CCCCCCC(C)C(CCCC)CCCCCCCO. The maximum absolute atomic E-state index is 8.80. The summed E-state index contributed by atoms with van der Waals surface area (Å²) >= 11 is 0. The molecule has 0 rings (SSSR count). The Bertz CT molecular complexity index is 190. The topological polar surface area (TPSA) is 20.2 Å². The van der Waals surface area contributed by atoms with Crippen LogP contribution in [0.5, 0.6) is 0 Å². The third-order valence-corrected chi connectivity index (χ3v) is 4.98. The van der Waals surface area contributed by atoms with E-state index in [1.165, 1.54) is 83.5 Å². The maximum Gasteiger partial charge on any atom is 0.0431 e. The second-order valence-corrected chi connectivity index (χ2v) is 7.01. The Kier molecular flexibility index (Phi) is 16.3. The first-order valence-corrected chi connectivity index (χ1v) is 9.87. The van der Waals surface area contributed by atoms with Crippen LogP contribution in [0.25, 0.3) is 0 Å². The molecule has 0 amide bonds. The predicted octanol–water partition coefficient (Wildman–Crippen LogP) is 6.73. The quantitative estimate of drug-likeness (QED) is 0.313. The minimum absolute atomic E-state index is 0.369. The van der Waals surface area contributed by atoms with Crippen molar-refractivity contribution in [2.24, 2.45) is 11.8 Å². The van der Waals surface area contributed by atoms with Gasteiger partial charge in [0.2, 0.25) is 0 Å². The molecule has 0 saturated carbocycles. The number of unbranched alkanes of at least 4 members (excludes halogenated alkanes) is 8. The summed E-state index contributed by atoms with van der Waals surface area (Å²) < 4.78 is 0. The van der Waals surface area contributed by atoms with E-state index >= 15 is 0 Å². The van der Waals surface area contributed by atoms with Gasteiger partial charge in [-0.05, 0) is 18.3 Å². The average molecular weight is 299 g/mol. The molecule has 1 heteroatoms. The van der Waals surface area contributed by atoms with Crippen LogP contribution in [-0.2, 0) is 0 Å². The van der Waals surface area contributed by atoms with Crippen molar-refractivity contribution < 1.29 is 5.11 Å². The standard InChI is InChI=1S/C20H42O/c1-4-6-8-12-15-19(3)20(16-7-5-2)17-13-10-9-11-14-18-21/h19-21H,4-18H2,1-3H3. The normalized spacial score (nSPS) is 14.3. The van der Waals surface area contributed by atoms with Crippen molar-refractivity contribution >= 4 is 0 Å². The second kappa shape index (κ2) is 16.3. The molecule has 1 nitrogen and oxygen atoms in total. The van der Waals surface area contributed by atoms with Gasteiger partial charge in [0, 0.05) is 6.61 Å². The van der Waals surface area contributed by atoms with Crippen molar-refractivity contribution in [2.45, 2.75) is 111 Å². The van der Waals surface area contributed by atoms with Gasteiger partial charge in [-0.25, -0.2) is 0 Å². The first-order valence-electron chi connectivity index (χ1n) is 9.87. The Balaban J connectivity index is 3.83. The first kappa shape index (κ1) is 21.0. The van der Waals surface area contributed by atoms with Crippen molar-refractivity contribution in [3.05, 3.63) is 0 Å². The highest BCUT2D eigenvalue weighted by Crippen LogP contribution is 2.28. The van der Waals surface area contributed by atoms with E-state index < -0.39 is 0 Å². The van der Waals surface area contributed by atoms with Gasteiger partial charge in [-0.15, -0.1) is 0 Å². The fraction of sp³-hybridized carbons (Fsp3) is 1.00. The lowest BCUT2D eigenvalue weighted by Gasteiger charge is -2.24. The fourth-order valence-corrected chi connectivity index (χ4v) is 3.36. The van der Waals surface area contributed by atoms with Crippen LogP contribution in [0.4, 0.5) is 0 Å². The maximum atomic E-state index is 8.80. The van der Waals surface area contributed by atoms with E-state index in [1.807, 2.05) is 0 Å². The third-order valence-electron chi connectivity index (χ3n) is 4.98. The first-order chi connectivity index (χ1) is 10.3. The summed E-state index contributed by atoms with van der Waals surface area (Å²) in [4.78, 5) is 0. The number of aliphatic hydroxyl groups excluding tert-OH is 1. The lowest BCUT2D eigenvalue weighted by Crippen LogP contribution is -2.12. The van der Waals surface area contributed by atoms with Crippen LogP contribution in [0.1, 0.15) is 111 Å². The van der Waals surface area contributed by atoms with Crippen LogP contribution in [0.3, 0.4) is 0 Å². The Morgan fingerprint density at radius 2 is 1.14 bits per heavy atom. The number of rotatable bonds is 16. The molecule has 0 bridgehead atoms. The lowest BCUT2D eigenvalue weighted by molar-refractivity contribution is 0.271. The molecule has 128 valence electrons. The van der Waals surface area contributed by atoms with Crippen LogP contribution >= 0.6 is 0 Å². The average Bonchev–Trinajstić information content (AvgIpc) is 2.50. The number of aliphatic hydroxyl groups is 1. The van der Waals surface area contributed by atoms with Crippen molar-refractivity contribution in [1.29, 1.82) is 0 Å². The summed E-state index contributed by atoms with van der Waals surface area (Å²) in [7, 11) is 0. The Hall–Kier alpha value is -0.0400. The van der Waals surface area contributed by atoms with Gasteiger partial charge in [0.15, 0.2) is 0 Å². The number of hydrogen-bond donors (Lipinski definition) is 1. The van der Waals surface area contributed by atoms with E-state index in [0.717, 1.165) is 18.3 Å². The van der Waals surface area contributed by atoms with Gasteiger partial charge in [-0.1, -0.05) is 104 Å². The Morgan fingerprint density at radius 1 is 0.619 bits per heavy atom. The molecule has 0 fully saturated rings. The van der Waals surface area contributed by atoms with Crippen LogP contribution in [0.2, 0.25) is 0 Å². The highest BCUT2D eigenvalue weighted by Gasteiger charge is 2.16. The lowest BCUT2D eigenvalue weighted by atomic mass is 9.82. The van der Waals surface area contributed by atoms with E-state index in [9.17, 15) is 0 Å². The molecule has 0 radical (unpaired) electrons. The molecule has 0 aromatic heterocycles. The summed E-state index contributed by atoms with van der Waals surface area (Å²) in [6, 6.07) is 0. The van der Waals surface area contributed by atoms with E-state index in [4.69, 9.17) is 5.11 Å². The molecule has 0 aromatic rings. The van der Waals surface area contributed by atoms with Crippen LogP contribution in [-0.4, -0.2) is 11.7 Å². The number of hydrogen-bond acceptors (Lipinski definition) is 1. The van der Waals surface area contributed by atoms with Gasteiger partial charge < -0.3 is 5.11 Å². The van der Waals surface area contributed by atoms with E-state index in [-0.39, 0.29) is 0 Å². The fourth-order valence-electron chi connectivity index (χ4n) is 3.36. The zero-order valence-corrected chi connectivity index (χ0v) is 15.2. The van der Waals surface area contributed by atoms with Gasteiger partial charge in [0.25, 0.3) is 0 Å². The van der Waals surface area contributed by atoms with Crippen molar-refractivity contribution in [1.82, 2.24) is 0 Å². The molecule has 0 aromatic carbocycles. The monoisotopic (exact) mass is 298 g/mol. The molecule has 0 aliphatic heterocycles. The van der Waals surface area contributed by atoms with Gasteiger partial charge in [0.1, 0.15) is 0 Å². The minimum atomic E-state index is 0.369. The smallest absolute Gasteiger partial charge is 0.0431 e. The van der Waals surface area contributed by atoms with Crippen LogP contribution in [0, 0.1) is 11.8 Å². The van der Waals surface area contributed by atoms with Crippen molar-refractivity contribution in [3.8, 4) is 0 Å². The molecule has 1 N–H and O–H groups in total. The summed E-state index contributed by atoms with van der Waals surface area (Å²) in [5.74, 6) is 1.88. The predicted molar refractivity (Wildman–Crippen MR) is 95.7 cm³/mol. The minimum Gasteiger partial charge on any atom is -0.396 e.